The average Bonchev–Trinajstić information content (AvgIpc) is 2.56. The van der Waals surface area contributed by atoms with Gasteiger partial charge in [0, 0.05) is 4.88 Å². The molecule has 0 unspecified atom stereocenters. The molecule has 0 saturated carbocycles. The number of aliphatic carboxylic acids is 1. The van der Waals surface area contributed by atoms with E-state index in [1.165, 1.54) is 19.9 Å². The predicted molar refractivity (Wildman–Crippen MR) is 67.2 cm³/mol. The molecule has 0 radical (unpaired) electrons. The van der Waals surface area contributed by atoms with Gasteiger partial charge in [-0.1, -0.05) is 16.5 Å². The molecule has 0 aliphatic heterocycles. The van der Waals surface area contributed by atoms with Gasteiger partial charge in [0.1, 0.15) is 0 Å². The summed E-state index contributed by atoms with van der Waals surface area (Å²) in [6.07, 6.45) is 0. The van der Waals surface area contributed by atoms with Gasteiger partial charge in [-0.15, -0.1) is 11.3 Å². The van der Waals surface area contributed by atoms with Crippen molar-refractivity contribution in [3.63, 3.8) is 0 Å². The second kappa shape index (κ2) is 5.14. The van der Waals surface area contributed by atoms with Crippen LogP contribution in [-0.2, 0) is 19.7 Å². The van der Waals surface area contributed by atoms with Gasteiger partial charge in [-0.3, -0.25) is 4.84 Å². The smallest absolute Gasteiger partial charge is 0.337 e. The molecule has 0 fully saturated rings. The fourth-order valence-corrected chi connectivity index (χ4v) is 3.68. The average molecular weight is 314 g/mol. The number of halogens is 1. The van der Waals surface area contributed by atoms with Crippen LogP contribution in [0.5, 0.6) is 0 Å². The Morgan fingerprint density at radius 2 is 2.11 bits per heavy atom. The van der Waals surface area contributed by atoms with Crippen LogP contribution in [0, 0.1) is 6.92 Å². The summed E-state index contributed by atoms with van der Waals surface area (Å²) in [5.41, 5.74) is -1.67. The zero-order valence-electron chi connectivity index (χ0n) is 9.85. The van der Waals surface area contributed by atoms with E-state index in [0.29, 0.717) is 9.21 Å². The second-order valence-corrected chi connectivity index (χ2v) is 7.48. The SMILES string of the molecule is Cc1sc(Cl)cc1S(=O)(=O)NOC(C)(C)C(=O)O. The van der Waals surface area contributed by atoms with Gasteiger partial charge < -0.3 is 5.11 Å². The molecular formula is C9H12ClNO5S2. The third-order valence-electron chi connectivity index (χ3n) is 2.05. The van der Waals surface area contributed by atoms with Crippen molar-refractivity contribution in [2.75, 3.05) is 0 Å². The van der Waals surface area contributed by atoms with Crippen molar-refractivity contribution >= 4 is 38.9 Å². The Morgan fingerprint density at radius 1 is 1.56 bits per heavy atom. The monoisotopic (exact) mass is 313 g/mol. The molecule has 0 saturated heterocycles. The van der Waals surface area contributed by atoms with E-state index in [2.05, 4.69) is 0 Å². The minimum Gasteiger partial charge on any atom is -0.479 e. The Labute approximate surface area is 114 Å². The van der Waals surface area contributed by atoms with Crippen LogP contribution in [0.2, 0.25) is 4.34 Å². The number of sulfonamides is 1. The molecule has 102 valence electrons. The molecule has 0 amide bonds. The van der Waals surface area contributed by atoms with Gasteiger partial charge in [0.05, 0.1) is 9.23 Å². The third-order valence-corrected chi connectivity index (χ3v) is 4.67. The number of carboxylic acids is 1. The molecule has 0 spiro atoms. The summed E-state index contributed by atoms with van der Waals surface area (Å²) in [7, 11) is -3.95. The fraction of sp³-hybridized carbons (Fsp3) is 0.444. The zero-order valence-corrected chi connectivity index (χ0v) is 12.2. The van der Waals surface area contributed by atoms with Crippen molar-refractivity contribution in [3.8, 4) is 0 Å². The lowest BCUT2D eigenvalue weighted by molar-refractivity contribution is -0.165. The molecule has 0 aliphatic carbocycles. The largest absolute Gasteiger partial charge is 0.479 e. The Hall–Kier alpha value is -0.670. The molecule has 6 nitrogen and oxygen atoms in total. The van der Waals surface area contributed by atoms with Gasteiger partial charge in [-0.2, -0.15) is 0 Å². The number of rotatable bonds is 5. The lowest BCUT2D eigenvalue weighted by atomic mass is 10.1. The molecule has 2 N–H and O–H groups in total. The van der Waals surface area contributed by atoms with E-state index in [1.807, 2.05) is 0 Å². The van der Waals surface area contributed by atoms with Crippen molar-refractivity contribution in [1.29, 1.82) is 0 Å². The Morgan fingerprint density at radius 3 is 2.50 bits per heavy atom. The molecule has 0 bridgehead atoms. The lowest BCUT2D eigenvalue weighted by Crippen LogP contribution is -2.41. The van der Waals surface area contributed by atoms with Gasteiger partial charge in [0.2, 0.25) is 0 Å². The highest BCUT2D eigenvalue weighted by Gasteiger charge is 2.31. The van der Waals surface area contributed by atoms with E-state index in [4.69, 9.17) is 21.5 Å². The Bertz CT molecular complexity index is 564. The third kappa shape index (κ3) is 3.42. The molecule has 18 heavy (non-hydrogen) atoms. The number of aryl methyl sites for hydroxylation is 1. The van der Waals surface area contributed by atoms with E-state index in [9.17, 15) is 13.2 Å². The summed E-state index contributed by atoms with van der Waals surface area (Å²) < 4.78 is 24.0. The van der Waals surface area contributed by atoms with Crippen LogP contribution in [0.4, 0.5) is 0 Å². The summed E-state index contributed by atoms with van der Waals surface area (Å²) in [5.74, 6) is -1.29. The normalized spacial score (nSPS) is 12.7. The van der Waals surface area contributed by atoms with Crippen LogP contribution >= 0.6 is 22.9 Å². The van der Waals surface area contributed by atoms with E-state index in [0.717, 1.165) is 11.3 Å². The summed E-state index contributed by atoms with van der Waals surface area (Å²) in [6.45, 7) is 4.05. The number of hydrogen-bond donors (Lipinski definition) is 2. The van der Waals surface area contributed by atoms with Crippen LogP contribution in [0.15, 0.2) is 11.0 Å². The first-order chi connectivity index (χ1) is 8.06. The highest BCUT2D eigenvalue weighted by molar-refractivity contribution is 7.89. The number of thiophene rings is 1. The van der Waals surface area contributed by atoms with Crippen LogP contribution in [-0.4, -0.2) is 25.1 Å². The summed E-state index contributed by atoms with van der Waals surface area (Å²) in [4.78, 5) is 17.7. The summed E-state index contributed by atoms with van der Waals surface area (Å²) >= 11 is 6.81. The van der Waals surface area contributed by atoms with E-state index < -0.39 is 21.6 Å². The molecular weight excluding hydrogens is 302 g/mol. The van der Waals surface area contributed by atoms with E-state index in [-0.39, 0.29) is 4.90 Å². The van der Waals surface area contributed by atoms with Gasteiger partial charge >= 0.3 is 5.97 Å². The number of hydrogen-bond acceptors (Lipinski definition) is 5. The first-order valence-electron chi connectivity index (χ1n) is 4.75. The first-order valence-corrected chi connectivity index (χ1v) is 7.43. The minimum atomic E-state index is -3.95. The topological polar surface area (TPSA) is 92.7 Å². The molecule has 9 heteroatoms. The van der Waals surface area contributed by atoms with Crippen molar-refractivity contribution in [3.05, 3.63) is 15.3 Å². The van der Waals surface area contributed by atoms with Crippen LogP contribution < -0.4 is 4.89 Å². The summed E-state index contributed by atoms with van der Waals surface area (Å²) in [6, 6.07) is 1.28. The van der Waals surface area contributed by atoms with Gasteiger partial charge in [-0.25, -0.2) is 13.2 Å². The quantitative estimate of drug-likeness (QED) is 0.808. The number of carboxylic acid groups (broad SMARTS) is 1. The first kappa shape index (κ1) is 15.4. The standard InChI is InChI=1S/C9H12ClNO5S2/c1-5-6(4-7(10)17-5)18(14,15)11-16-9(2,3)8(12)13/h4,11H,1-3H3,(H,12,13). The maximum Gasteiger partial charge on any atom is 0.337 e. The second-order valence-electron chi connectivity index (χ2n) is 3.98. The Balaban J connectivity index is 2.91. The van der Waals surface area contributed by atoms with E-state index in [1.54, 1.807) is 11.8 Å². The minimum absolute atomic E-state index is 0.0290. The number of nitrogens with one attached hydrogen (secondary N) is 1. The van der Waals surface area contributed by atoms with E-state index >= 15 is 0 Å². The van der Waals surface area contributed by atoms with Crippen LogP contribution in [0.1, 0.15) is 18.7 Å². The molecule has 1 rings (SSSR count). The molecule has 0 aliphatic rings. The number of carbonyl (C=O) groups is 1. The van der Waals surface area contributed by atoms with Gasteiger partial charge in [-0.05, 0) is 26.8 Å². The zero-order chi connectivity index (χ0) is 14.1. The fourth-order valence-electron chi connectivity index (χ4n) is 0.945. The van der Waals surface area contributed by atoms with Crippen molar-refractivity contribution < 1.29 is 23.2 Å². The highest BCUT2D eigenvalue weighted by atomic mass is 35.5. The predicted octanol–water partition coefficient (Wildman–Crippen LogP) is 1.78. The Kier molecular flexibility index (Phi) is 4.39. The van der Waals surface area contributed by atoms with Crippen LogP contribution in [0.3, 0.4) is 0 Å². The van der Waals surface area contributed by atoms with Crippen molar-refractivity contribution in [2.24, 2.45) is 0 Å². The molecule has 1 aromatic heterocycles. The lowest BCUT2D eigenvalue weighted by Gasteiger charge is -2.19. The van der Waals surface area contributed by atoms with Crippen LogP contribution in [0.25, 0.3) is 0 Å². The molecule has 1 heterocycles. The molecule has 0 aromatic carbocycles. The molecule has 0 atom stereocenters. The maximum atomic E-state index is 11.9. The van der Waals surface area contributed by atoms with Crippen molar-refractivity contribution in [1.82, 2.24) is 4.89 Å². The maximum absolute atomic E-state index is 11.9. The molecule has 1 aromatic rings. The van der Waals surface area contributed by atoms with Gasteiger partial charge in [0.15, 0.2) is 5.60 Å². The van der Waals surface area contributed by atoms with Gasteiger partial charge in [0.25, 0.3) is 10.0 Å². The summed E-state index contributed by atoms with van der Waals surface area (Å²) in [5, 5.41) is 8.79. The highest BCUT2D eigenvalue weighted by Crippen LogP contribution is 2.29. The van der Waals surface area contributed by atoms with Crippen molar-refractivity contribution in [2.45, 2.75) is 31.3 Å².